The Morgan fingerprint density at radius 3 is 2.79 bits per heavy atom. The van der Waals surface area contributed by atoms with Crippen LogP contribution in [0.25, 0.3) is 0 Å². The first kappa shape index (κ1) is 12.8. The second kappa shape index (κ2) is 5.39. The predicted molar refractivity (Wildman–Crippen MR) is 72.7 cm³/mol. The largest absolute Gasteiger partial charge is 0.486 e. The molecule has 1 fully saturated rings. The lowest BCUT2D eigenvalue weighted by molar-refractivity contribution is 0.0207. The van der Waals surface area contributed by atoms with E-state index in [2.05, 4.69) is 24.4 Å². The van der Waals surface area contributed by atoms with Gasteiger partial charge in [0.15, 0.2) is 11.5 Å². The van der Waals surface area contributed by atoms with E-state index in [1.807, 2.05) is 6.07 Å². The molecule has 1 aromatic rings. The van der Waals surface area contributed by atoms with Crippen molar-refractivity contribution in [2.75, 3.05) is 26.4 Å². The predicted octanol–water partition coefficient (Wildman–Crippen LogP) is 2.12. The van der Waals surface area contributed by atoms with Gasteiger partial charge in [-0.25, -0.2) is 0 Å². The SMILES string of the molecule is CC1(CNCc2ccc3c(c2)OCCO3)CCCO1. The Labute approximate surface area is 114 Å². The van der Waals surface area contributed by atoms with Crippen LogP contribution in [0.2, 0.25) is 0 Å². The van der Waals surface area contributed by atoms with Gasteiger partial charge < -0.3 is 19.5 Å². The van der Waals surface area contributed by atoms with Gasteiger partial charge in [0, 0.05) is 19.7 Å². The number of hydrogen-bond donors (Lipinski definition) is 1. The normalized spacial score (nSPS) is 25.5. The van der Waals surface area contributed by atoms with E-state index in [1.54, 1.807) is 0 Å². The van der Waals surface area contributed by atoms with Crippen LogP contribution in [0.5, 0.6) is 11.5 Å². The van der Waals surface area contributed by atoms with E-state index in [1.165, 1.54) is 12.0 Å². The van der Waals surface area contributed by atoms with Gasteiger partial charge >= 0.3 is 0 Å². The van der Waals surface area contributed by atoms with Crippen LogP contribution >= 0.6 is 0 Å². The highest BCUT2D eigenvalue weighted by Crippen LogP contribution is 2.30. The van der Waals surface area contributed by atoms with Crippen molar-refractivity contribution in [2.24, 2.45) is 0 Å². The van der Waals surface area contributed by atoms with E-state index in [4.69, 9.17) is 14.2 Å². The fourth-order valence-corrected chi connectivity index (χ4v) is 2.65. The van der Waals surface area contributed by atoms with E-state index in [0.29, 0.717) is 13.2 Å². The van der Waals surface area contributed by atoms with Gasteiger partial charge in [-0.15, -0.1) is 0 Å². The molecule has 4 nitrogen and oxygen atoms in total. The summed E-state index contributed by atoms with van der Waals surface area (Å²) in [4.78, 5) is 0. The lowest BCUT2D eigenvalue weighted by atomic mass is 10.0. The first-order valence-corrected chi connectivity index (χ1v) is 6.98. The lowest BCUT2D eigenvalue weighted by Crippen LogP contribution is -2.36. The molecule has 2 heterocycles. The molecule has 19 heavy (non-hydrogen) atoms. The zero-order valence-electron chi connectivity index (χ0n) is 11.4. The van der Waals surface area contributed by atoms with Crippen molar-refractivity contribution in [1.82, 2.24) is 5.32 Å². The highest BCUT2D eigenvalue weighted by atomic mass is 16.6. The summed E-state index contributed by atoms with van der Waals surface area (Å²) < 4.78 is 16.9. The van der Waals surface area contributed by atoms with Crippen molar-refractivity contribution >= 4 is 0 Å². The maximum Gasteiger partial charge on any atom is 0.161 e. The Morgan fingerprint density at radius 2 is 2.00 bits per heavy atom. The minimum Gasteiger partial charge on any atom is -0.486 e. The molecule has 3 rings (SSSR count). The quantitative estimate of drug-likeness (QED) is 0.903. The summed E-state index contributed by atoms with van der Waals surface area (Å²) in [7, 11) is 0. The molecule has 0 spiro atoms. The second-order valence-electron chi connectivity index (χ2n) is 5.48. The molecule has 0 bridgehead atoms. The minimum absolute atomic E-state index is 0.00776. The number of ether oxygens (including phenoxy) is 3. The van der Waals surface area contributed by atoms with Gasteiger partial charge in [0.25, 0.3) is 0 Å². The molecule has 4 heteroatoms. The molecule has 1 unspecified atom stereocenters. The molecule has 0 saturated carbocycles. The number of hydrogen-bond acceptors (Lipinski definition) is 4. The van der Waals surface area contributed by atoms with Crippen molar-refractivity contribution in [2.45, 2.75) is 31.9 Å². The van der Waals surface area contributed by atoms with Gasteiger partial charge in [-0.1, -0.05) is 6.07 Å². The van der Waals surface area contributed by atoms with Crippen molar-refractivity contribution in [3.05, 3.63) is 23.8 Å². The number of benzene rings is 1. The summed E-state index contributed by atoms with van der Waals surface area (Å²) >= 11 is 0. The molecule has 0 aliphatic carbocycles. The van der Waals surface area contributed by atoms with Crippen molar-refractivity contribution in [3.63, 3.8) is 0 Å². The molecule has 104 valence electrons. The molecular weight excluding hydrogens is 242 g/mol. The third-order valence-corrected chi connectivity index (χ3v) is 3.74. The number of nitrogens with one attached hydrogen (secondary N) is 1. The van der Waals surface area contributed by atoms with Gasteiger partial charge in [0.1, 0.15) is 13.2 Å². The Morgan fingerprint density at radius 1 is 1.16 bits per heavy atom. The van der Waals surface area contributed by atoms with Gasteiger partial charge in [0.05, 0.1) is 5.60 Å². The van der Waals surface area contributed by atoms with Crippen LogP contribution in [0.15, 0.2) is 18.2 Å². The maximum atomic E-state index is 5.76. The smallest absolute Gasteiger partial charge is 0.161 e. The van der Waals surface area contributed by atoms with E-state index < -0.39 is 0 Å². The summed E-state index contributed by atoms with van der Waals surface area (Å²) in [6.07, 6.45) is 2.31. The number of rotatable bonds is 4. The third-order valence-electron chi connectivity index (χ3n) is 3.74. The minimum atomic E-state index is 0.00776. The fraction of sp³-hybridized carbons (Fsp3) is 0.600. The summed E-state index contributed by atoms with van der Waals surface area (Å²) in [5.41, 5.74) is 1.22. The molecule has 0 amide bonds. The summed E-state index contributed by atoms with van der Waals surface area (Å²) in [6.45, 7) is 6.06. The lowest BCUT2D eigenvalue weighted by Gasteiger charge is -2.24. The van der Waals surface area contributed by atoms with E-state index in [0.717, 1.165) is 37.6 Å². The molecule has 2 aliphatic rings. The molecule has 1 atom stereocenters. The van der Waals surface area contributed by atoms with Crippen LogP contribution in [0.3, 0.4) is 0 Å². The highest BCUT2D eigenvalue weighted by molar-refractivity contribution is 5.43. The highest BCUT2D eigenvalue weighted by Gasteiger charge is 2.28. The van der Waals surface area contributed by atoms with Crippen LogP contribution in [-0.2, 0) is 11.3 Å². The van der Waals surface area contributed by atoms with Gasteiger partial charge in [-0.2, -0.15) is 0 Å². The zero-order valence-corrected chi connectivity index (χ0v) is 11.4. The molecule has 1 saturated heterocycles. The Bertz CT molecular complexity index is 441. The summed E-state index contributed by atoms with van der Waals surface area (Å²) in [5, 5.41) is 3.47. The van der Waals surface area contributed by atoms with Gasteiger partial charge in [-0.05, 0) is 37.5 Å². The molecule has 1 N–H and O–H groups in total. The van der Waals surface area contributed by atoms with Crippen LogP contribution in [0, 0.1) is 0 Å². The molecule has 1 aromatic carbocycles. The second-order valence-corrected chi connectivity index (χ2v) is 5.48. The van der Waals surface area contributed by atoms with Crippen molar-refractivity contribution < 1.29 is 14.2 Å². The molecule has 0 aromatic heterocycles. The Balaban J connectivity index is 1.55. The van der Waals surface area contributed by atoms with Gasteiger partial charge in [-0.3, -0.25) is 0 Å². The van der Waals surface area contributed by atoms with E-state index in [-0.39, 0.29) is 5.60 Å². The van der Waals surface area contributed by atoms with Crippen LogP contribution in [0.1, 0.15) is 25.3 Å². The van der Waals surface area contributed by atoms with E-state index in [9.17, 15) is 0 Å². The molecule has 0 radical (unpaired) electrons. The fourth-order valence-electron chi connectivity index (χ4n) is 2.65. The van der Waals surface area contributed by atoms with Crippen LogP contribution in [-0.4, -0.2) is 32.0 Å². The Hall–Kier alpha value is -1.26. The first-order chi connectivity index (χ1) is 9.25. The first-order valence-electron chi connectivity index (χ1n) is 6.98. The van der Waals surface area contributed by atoms with Crippen molar-refractivity contribution in [3.8, 4) is 11.5 Å². The molecular formula is C15H21NO3. The van der Waals surface area contributed by atoms with Crippen LogP contribution < -0.4 is 14.8 Å². The van der Waals surface area contributed by atoms with Crippen LogP contribution in [0.4, 0.5) is 0 Å². The Kier molecular flexibility index (Phi) is 3.62. The topological polar surface area (TPSA) is 39.7 Å². The standard InChI is InChI=1S/C15H21NO3/c1-15(5-2-6-19-15)11-16-10-12-3-4-13-14(9-12)18-8-7-17-13/h3-4,9,16H,2,5-8,10-11H2,1H3. The average molecular weight is 263 g/mol. The zero-order chi connectivity index (χ0) is 13.1. The summed E-state index contributed by atoms with van der Waals surface area (Å²) in [6, 6.07) is 6.12. The average Bonchev–Trinajstić information content (AvgIpc) is 2.86. The third kappa shape index (κ3) is 3.01. The monoisotopic (exact) mass is 263 g/mol. The van der Waals surface area contributed by atoms with E-state index >= 15 is 0 Å². The summed E-state index contributed by atoms with van der Waals surface area (Å²) in [5.74, 6) is 1.70. The maximum absolute atomic E-state index is 5.76. The number of fused-ring (bicyclic) bond motifs is 1. The van der Waals surface area contributed by atoms with Gasteiger partial charge in [0.2, 0.25) is 0 Å². The van der Waals surface area contributed by atoms with Crippen molar-refractivity contribution in [1.29, 1.82) is 0 Å². The molecule has 2 aliphatic heterocycles.